The summed E-state index contributed by atoms with van der Waals surface area (Å²) >= 11 is 0. The van der Waals surface area contributed by atoms with E-state index in [0.29, 0.717) is 5.92 Å². The first-order valence-electron chi connectivity index (χ1n) is 10.6. The van der Waals surface area contributed by atoms with Crippen LogP contribution in [0.3, 0.4) is 0 Å². The third-order valence-electron chi connectivity index (χ3n) is 5.79. The van der Waals surface area contributed by atoms with Gasteiger partial charge in [-0.2, -0.15) is 0 Å². The third kappa shape index (κ3) is 5.86. The van der Waals surface area contributed by atoms with Crippen LogP contribution in [-0.4, -0.2) is 0 Å². The Balaban J connectivity index is 1.47. The second kappa shape index (κ2) is 10.2. The summed E-state index contributed by atoms with van der Waals surface area (Å²) in [5.41, 5.74) is 5.48. The molecule has 0 N–H and O–H groups in total. The molecule has 0 spiro atoms. The van der Waals surface area contributed by atoms with Crippen LogP contribution < -0.4 is 0 Å². The van der Waals surface area contributed by atoms with Gasteiger partial charge in [-0.1, -0.05) is 74.6 Å². The van der Waals surface area contributed by atoms with Gasteiger partial charge in [-0.25, -0.2) is 0 Å². The Labute approximate surface area is 165 Å². The van der Waals surface area contributed by atoms with Crippen LogP contribution in [0.4, 0.5) is 0 Å². The summed E-state index contributed by atoms with van der Waals surface area (Å²) in [5, 5.41) is 0. The average molecular weight is 357 g/mol. The Hall–Kier alpha value is -2.26. The van der Waals surface area contributed by atoms with Crippen molar-refractivity contribution in [1.82, 2.24) is 0 Å². The highest BCUT2D eigenvalue weighted by Gasteiger charge is 2.20. The molecular formula is C27H32. The highest BCUT2D eigenvalue weighted by atomic mass is 14.3. The summed E-state index contributed by atoms with van der Waals surface area (Å²) in [6, 6.07) is 18.0. The van der Waals surface area contributed by atoms with Gasteiger partial charge in [0.25, 0.3) is 0 Å². The second-order valence-corrected chi connectivity index (χ2v) is 7.78. The molecule has 0 heterocycles. The molecule has 0 aromatic heterocycles. The summed E-state index contributed by atoms with van der Waals surface area (Å²) in [6.07, 6.45) is 13.1. The van der Waals surface area contributed by atoms with E-state index >= 15 is 0 Å². The molecule has 0 radical (unpaired) electrons. The molecular weight excluding hydrogens is 324 g/mol. The van der Waals surface area contributed by atoms with Crippen molar-refractivity contribution >= 4 is 0 Å². The van der Waals surface area contributed by atoms with Crippen molar-refractivity contribution in [3.63, 3.8) is 0 Å². The first kappa shape index (κ1) is 19.5. The molecule has 0 nitrogen and oxygen atoms in total. The zero-order valence-corrected chi connectivity index (χ0v) is 16.9. The van der Waals surface area contributed by atoms with Crippen LogP contribution in [0.15, 0.2) is 60.7 Å². The van der Waals surface area contributed by atoms with E-state index in [4.69, 9.17) is 0 Å². The molecule has 0 bridgehead atoms. The topological polar surface area (TPSA) is 0 Å². The van der Waals surface area contributed by atoms with Crippen LogP contribution in [0.25, 0.3) is 0 Å². The molecule has 1 fully saturated rings. The van der Waals surface area contributed by atoms with Crippen molar-refractivity contribution < 1.29 is 0 Å². The quantitative estimate of drug-likeness (QED) is 0.502. The molecule has 0 aliphatic heterocycles. The molecule has 2 aromatic rings. The maximum Gasteiger partial charge on any atom is 0.0249 e. The van der Waals surface area contributed by atoms with E-state index in [1.807, 2.05) is 0 Å². The number of allylic oxidation sites excluding steroid dienone is 2. The van der Waals surface area contributed by atoms with Gasteiger partial charge in [0.2, 0.25) is 0 Å². The van der Waals surface area contributed by atoms with E-state index in [0.717, 1.165) is 17.9 Å². The Morgan fingerprint density at radius 2 is 1.52 bits per heavy atom. The number of rotatable bonds is 5. The van der Waals surface area contributed by atoms with Crippen LogP contribution in [-0.2, 0) is 12.8 Å². The van der Waals surface area contributed by atoms with Crippen LogP contribution >= 0.6 is 0 Å². The Morgan fingerprint density at radius 3 is 2.15 bits per heavy atom. The van der Waals surface area contributed by atoms with Crippen molar-refractivity contribution in [1.29, 1.82) is 0 Å². The Morgan fingerprint density at radius 1 is 0.852 bits per heavy atom. The summed E-state index contributed by atoms with van der Waals surface area (Å²) < 4.78 is 0. The van der Waals surface area contributed by atoms with E-state index < -0.39 is 0 Å². The van der Waals surface area contributed by atoms with E-state index in [1.165, 1.54) is 55.2 Å². The van der Waals surface area contributed by atoms with Gasteiger partial charge < -0.3 is 0 Å². The molecule has 2 aromatic carbocycles. The molecule has 0 amide bonds. The maximum atomic E-state index is 3.25. The first-order chi connectivity index (χ1) is 13.3. The van der Waals surface area contributed by atoms with Gasteiger partial charge in [-0.05, 0) is 85.3 Å². The lowest BCUT2D eigenvalue weighted by molar-refractivity contribution is 0.376. The van der Waals surface area contributed by atoms with Gasteiger partial charge in [0.1, 0.15) is 0 Å². The monoisotopic (exact) mass is 356 g/mol. The van der Waals surface area contributed by atoms with Crippen molar-refractivity contribution in [2.24, 2.45) is 5.92 Å². The minimum absolute atomic E-state index is 0.692. The molecule has 1 saturated carbocycles. The van der Waals surface area contributed by atoms with Crippen LogP contribution in [0.2, 0.25) is 0 Å². The lowest BCUT2D eigenvalue weighted by Gasteiger charge is -2.27. The molecule has 27 heavy (non-hydrogen) atoms. The first-order valence-corrected chi connectivity index (χ1v) is 10.6. The van der Waals surface area contributed by atoms with E-state index in [-0.39, 0.29) is 0 Å². The minimum Gasteiger partial charge on any atom is -0.0730 e. The molecule has 0 saturated heterocycles. The molecule has 0 heteroatoms. The smallest absolute Gasteiger partial charge is 0.0249 e. The van der Waals surface area contributed by atoms with Crippen LogP contribution in [0.1, 0.15) is 74.1 Å². The van der Waals surface area contributed by atoms with Crippen molar-refractivity contribution in [2.75, 3.05) is 0 Å². The number of benzene rings is 2. The van der Waals surface area contributed by atoms with E-state index in [2.05, 4.69) is 86.4 Å². The van der Waals surface area contributed by atoms with Gasteiger partial charge >= 0.3 is 0 Å². The second-order valence-electron chi connectivity index (χ2n) is 7.78. The van der Waals surface area contributed by atoms with Gasteiger partial charge in [0.15, 0.2) is 0 Å². The minimum atomic E-state index is 0.692. The maximum absolute atomic E-state index is 3.25. The van der Waals surface area contributed by atoms with E-state index in [1.54, 1.807) is 0 Å². The fourth-order valence-corrected chi connectivity index (χ4v) is 4.02. The summed E-state index contributed by atoms with van der Waals surface area (Å²) in [5.74, 6) is 7.90. The predicted molar refractivity (Wildman–Crippen MR) is 117 cm³/mol. The summed E-state index contributed by atoms with van der Waals surface area (Å²) in [7, 11) is 0. The normalized spacial score (nSPS) is 19.6. The molecule has 0 atom stereocenters. The lowest BCUT2D eigenvalue weighted by atomic mass is 9.78. The van der Waals surface area contributed by atoms with Gasteiger partial charge in [-0.15, -0.1) is 0 Å². The highest BCUT2D eigenvalue weighted by Crippen LogP contribution is 2.36. The number of aryl methyl sites for hydroxylation is 2. The average Bonchev–Trinajstić information content (AvgIpc) is 2.73. The van der Waals surface area contributed by atoms with E-state index in [9.17, 15) is 0 Å². The van der Waals surface area contributed by atoms with Crippen molar-refractivity contribution in [3.8, 4) is 11.8 Å². The van der Waals surface area contributed by atoms with Gasteiger partial charge in [-0.3, -0.25) is 0 Å². The predicted octanol–water partition coefficient (Wildman–Crippen LogP) is 7.08. The summed E-state index contributed by atoms with van der Waals surface area (Å²) in [6.45, 7) is 4.43. The molecule has 140 valence electrons. The Bertz CT molecular complexity index is 773. The SMILES string of the molecule is CCCc1ccc(C2CCC(/C=C/C#Cc3ccc(CC)cc3)CC2)cc1. The Kier molecular flexibility index (Phi) is 7.35. The fraction of sp³-hybridized carbons (Fsp3) is 0.407. The number of hydrogen-bond donors (Lipinski definition) is 0. The molecule has 1 aliphatic rings. The van der Waals surface area contributed by atoms with Crippen molar-refractivity contribution in [2.45, 2.75) is 64.7 Å². The fourth-order valence-electron chi connectivity index (χ4n) is 4.02. The molecule has 0 unspecified atom stereocenters. The molecule has 1 aliphatic carbocycles. The highest BCUT2D eigenvalue weighted by molar-refractivity contribution is 5.38. The zero-order chi connectivity index (χ0) is 18.9. The standard InChI is InChI=1S/C27H32/c1-3-7-23-14-18-26(19-15-23)27-20-16-25(17-21-27)9-6-5-8-24-12-10-22(4-2)11-13-24/h6,9-15,18-19,25,27H,3-4,7,16-17,20-21H2,1-2H3/b9-6+. The number of hydrogen-bond acceptors (Lipinski definition) is 0. The van der Waals surface area contributed by atoms with Crippen molar-refractivity contribution in [3.05, 3.63) is 82.9 Å². The summed E-state index contributed by atoms with van der Waals surface area (Å²) in [4.78, 5) is 0. The van der Waals surface area contributed by atoms with Crippen LogP contribution in [0.5, 0.6) is 0 Å². The third-order valence-corrected chi connectivity index (χ3v) is 5.79. The van der Waals surface area contributed by atoms with Gasteiger partial charge in [0.05, 0.1) is 0 Å². The van der Waals surface area contributed by atoms with Gasteiger partial charge in [0, 0.05) is 5.56 Å². The molecule has 3 rings (SSSR count). The zero-order valence-electron chi connectivity index (χ0n) is 16.9. The van der Waals surface area contributed by atoms with Crippen LogP contribution in [0, 0.1) is 17.8 Å². The lowest BCUT2D eigenvalue weighted by Crippen LogP contribution is -2.11. The largest absolute Gasteiger partial charge is 0.0730 e.